The number of nitrogens with zero attached hydrogens (tertiary/aromatic N) is 1. The molecule has 30 heavy (non-hydrogen) atoms. The number of hydrogen-bond donors (Lipinski definition) is 2. The van der Waals surface area contributed by atoms with Crippen molar-refractivity contribution in [2.45, 2.75) is 45.4 Å². The van der Waals surface area contributed by atoms with Crippen LogP contribution in [0.4, 0.5) is 11.6 Å². The van der Waals surface area contributed by atoms with Gasteiger partial charge in [-0.3, -0.25) is 14.8 Å². The van der Waals surface area contributed by atoms with Gasteiger partial charge in [-0.1, -0.05) is 43.3 Å². The van der Waals surface area contributed by atoms with Crippen LogP contribution in [0.5, 0.6) is 0 Å². The molecule has 0 aliphatic carbocycles. The summed E-state index contributed by atoms with van der Waals surface area (Å²) in [6.45, 7) is 7.03. The van der Waals surface area contributed by atoms with Gasteiger partial charge in [0.15, 0.2) is 0 Å². The molecule has 3 aromatic rings. The molecule has 0 aliphatic rings. The van der Waals surface area contributed by atoms with Gasteiger partial charge in [-0.25, -0.2) is 8.42 Å². The molecule has 1 amide bonds. The van der Waals surface area contributed by atoms with Crippen LogP contribution in [-0.2, 0) is 27.7 Å². The van der Waals surface area contributed by atoms with Gasteiger partial charge in [0.1, 0.15) is 0 Å². The lowest BCUT2D eigenvalue weighted by Gasteiger charge is -2.13. The van der Waals surface area contributed by atoms with E-state index in [1.165, 1.54) is 6.92 Å². The van der Waals surface area contributed by atoms with Gasteiger partial charge in [0.2, 0.25) is 11.8 Å². The Balaban J connectivity index is 2.05. The average Bonchev–Trinajstić information content (AvgIpc) is 3.10. The zero-order valence-electron chi connectivity index (χ0n) is 17.4. The van der Waals surface area contributed by atoms with Gasteiger partial charge in [0, 0.05) is 12.6 Å². The Bertz CT molecular complexity index is 1180. The molecular weight excluding hydrogens is 402 g/mol. The molecule has 2 N–H and O–H groups in total. The molecule has 0 radical (unpaired) electrons. The van der Waals surface area contributed by atoms with Crippen molar-refractivity contribution in [2.24, 2.45) is 0 Å². The van der Waals surface area contributed by atoms with Gasteiger partial charge in [0.25, 0.3) is 10.0 Å². The Labute approximate surface area is 176 Å². The molecule has 0 fully saturated rings. The Morgan fingerprint density at radius 1 is 1.10 bits per heavy atom. The van der Waals surface area contributed by atoms with Gasteiger partial charge >= 0.3 is 0 Å². The van der Waals surface area contributed by atoms with E-state index in [4.69, 9.17) is 4.52 Å². The minimum Gasteiger partial charge on any atom is -0.337 e. The maximum atomic E-state index is 13.1. The second kappa shape index (κ2) is 8.71. The number of sulfonamides is 1. The summed E-state index contributed by atoms with van der Waals surface area (Å²) < 4.78 is 34.2. The number of nitrogens with one attached hydrogen (secondary N) is 2. The van der Waals surface area contributed by atoms with E-state index in [1.807, 2.05) is 32.0 Å². The van der Waals surface area contributed by atoms with E-state index in [9.17, 15) is 13.2 Å². The highest BCUT2D eigenvalue weighted by Crippen LogP contribution is 2.34. The average molecular weight is 428 g/mol. The van der Waals surface area contributed by atoms with E-state index >= 15 is 0 Å². The van der Waals surface area contributed by atoms with Crippen LogP contribution in [0.3, 0.4) is 0 Å². The fraction of sp³-hybridized carbons (Fsp3) is 0.273. The first-order valence-corrected chi connectivity index (χ1v) is 11.2. The monoisotopic (exact) mass is 427 g/mol. The van der Waals surface area contributed by atoms with Crippen molar-refractivity contribution in [3.63, 3.8) is 0 Å². The van der Waals surface area contributed by atoms with E-state index in [0.29, 0.717) is 34.5 Å². The van der Waals surface area contributed by atoms with Crippen molar-refractivity contribution in [1.82, 2.24) is 5.16 Å². The lowest BCUT2D eigenvalue weighted by atomic mass is 10.0. The van der Waals surface area contributed by atoms with E-state index in [2.05, 4.69) is 15.2 Å². The van der Waals surface area contributed by atoms with Crippen molar-refractivity contribution >= 4 is 27.5 Å². The summed E-state index contributed by atoms with van der Waals surface area (Å²) in [5.74, 6) is -0.0948. The Morgan fingerprint density at radius 2 is 1.87 bits per heavy atom. The molecule has 2 aromatic carbocycles. The molecule has 0 saturated carbocycles. The number of aryl methyl sites for hydroxylation is 3. The third-order valence-corrected chi connectivity index (χ3v) is 6.26. The van der Waals surface area contributed by atoms with Crippen LogP contribution in [-0.4, -0.2) is 19.5 Å². The summed E-state index contributed by atoms with van der Waals surface area (Å²) in [4.78, 5) is 11.7. The lowest BCUT2D eigenvalue weighted by molar-refractivity contribution is -0.114. The zero-order chi connectivity index (χ0) is 21.9. The van der Waals surface area contributed by atoms with Crippen LogP contribution < -0.4 is 10.0 Å². The summed E-state index contributed by atoms with van der Waals surface area (Å²) in [5, 5.41) is 6.63. The predicted molar refractivity (Wildman–Crippen MR) is 117 cm³/mol. The highest BCUT2D eigenvalue weighted by atomic mass is 32.2. The Morgan fingerprint density at radius 3 is 2.53 bits per heavy atom. The van der Waals surface area contributed by atoms with Gasteiger partial charge in [-0.15, -0.1) is 0 Å². The highest BCUT2D eigenvalue weighted by molar-refractivity contribution is 7.92. The summed E-state index contributed by atoms with van der Waals surface area (Å²) >= 11 is 0. The Hall–Kier alpha value is -3.13. The summed E-state index contributed by atoms with van der Waals surface area (Å²) in [5.41, 5.74) is 3.97. The lowest BCUT2D eigenvalue weighted by Crippen LogP contribution is -2.14. The second-order valence-corrected chi connectivity index (χ2v) is 8.66. The Kier molecular flexibility index (Phi) is 6.26. The smallest absolute Gasteiger partial charge is 0.262 e. The first kappa shape index (κ1) is 21.6. The standard InChI is InChI=1S/C22H25N3O4S/c1-5-16-8-7-9-18(12-16)25-30(27,28)20-13-17(11-10-14(20)3)21-19(6-2)24-29-22(21)23-15(4)26/h7-13,25H,5-6H2,1-4H3,(H,23,26). The third kappa shape index (κ3) is 4.54. The van der Waals surface area contributed by atoms with Crippen LogP contribution in [0.25, 0.3) is 11.1 Å². The SMILES string of the molecule is CCc1cccc(NS(=O)(=O)c2cc(-c3c(CC)noc3NC(C)=O)ccc2C)c1. The van der Waals surface area contributed by atoms with E-state index < -0.39 is 10.0 Å². The first-order chi connectivity index (χ1) is 14.2. The van der Waals surface area contributed by atoms with E-state index in [-0.39, 0.29) is 16.7 Å². The minimum absolute atomic E-state index is 0.152. The van der Waals surface area contributed by atoms with Crippen molar-refractivity contribution in [1.29, 1.82) is 0 Å². The summed E-state index contributed by atoms with van der Waals surface area (Å²) in [7, 11) is -3.83. The number of carbonyl (C=O) groups excluding carboxylic acids is 1. The van der Waals surface area contributed by atoms with Gasteiger partial charge in [-0.2, -0.15) is 0 Å². The molecule has 0 saturated heterocycles. The molecule has 158 valence electrons. The van der Waals surface area contributed by atoms with Crippen LogP contribution in [0.2, 0.25) is 0 Å². The van der Waals surface area contributed by atoms with Gasteiger partial charge in [-0.05, 0) is 54.7 Å². The highest BCUT2D eigenvalue weighted by Gasteiger charge is 2.22. The molecule has 0 bridgehead atoms. The number of carbonyl (C=O) groups is 1. The molecule has 3 rings (SSSR count). The number of rotatable bonds is 7. The normalized spacial score (nSPS) is 11.3. The number of aromatic nitrogens is 1. The van der Waals surface area contributed by atoms with E-state index in [0.717, 1.165) is 12.0 Å². The molecular formula is C22H25N3O4S. The topological polar surface area (TPSA) is 101 Å². The molecule has 0 spiro atoms. The van der Waals surface area contributed by atoms with Crippen molar-refractivity contribution in [3.05, 3.63) is 59.3 Å². The fourth-order valence-corrected chi connectivity index (χ4v) is 4.54. The molecule has 0 atom stereocenters. The van der Waals surface area contributed by atoms with Crippen LogP contribution in [0, 0.1) is 6.92 Å². The molecule has 8 heteroatoms. The summed E-state index contributed by atoms with van der Waals surface area (Å²) in [6, 6.07) is 12.4. The molecule has 7 nitrogen and oxygen atoms in total. The molecule has 1 aromatic heterocycles. The van der Waals surface area contributed by atoms with Gasteiger partial charge < -0.3 is 4.52 Å². The maximum absolute atomic E-state index is 13.1. The molecule has 1 heterocycles. The van der Waals surface area contributed by atoms with Crippen LogP contribution >= 0.6 is 0 Å². The van der Waals surface area contributed by atoms with Crippen molar-refractivity contribution < 1.29 is 17.7 Å². The quantitative estimate of drug-likeness (QED) is 0.577. The van der Waals surface area contributed by atoms with Crippen molar-refractivity contribution in [2.75, 3.05) is 10.0 Å². The maximum Gasteiger partial charge on any atom is 0.262 e. The third-order valence-electron chi connectivity index (χ3n) is 4.74. The summed E-state index contributed by atoms with van der Waals surface area (Å²) in [6.07, 6.45) is 1.37. The number of hydrogen-bond acceptors (Lipinski definition) is 5. The minimum atomic E-state index is -3.83. The van der Waals surface area contributed by atoms with E-state index in [1.54, 1.807) is 31.2 Å². The van der Waals surface area contributed by atoms with Crippen LogP contribution in [0.15, 0.2) is 51.9 Å². The first-order valence-electron chi connectivity index (χ1n) is 9.74. The molecule has 0 aliphatic heterocycles. The zero-order valence-corrected chi connectivity index (χ0v) is 18.3. The fourth-order valence-electron chi connectivity index (χ4n) is 3.22. The second-order valence-electron chi connectivity index (χ2n) is 7.01. The van der Waals surface area contributed by atoms with Crippen molar-refractivity contribution in [3.8, 4) is 11.1 Å². The number of benzene rings is 2. The number of amides is 1. The van der Waals surface area contributed by atoms with Crippen LogP contribution in [0.1, 0.15) is 37.6 Å². The largest absolute Gasteiger partial charge is 0.337 e. The number of anilines is 2. The predicted octanol–water partition coefficient (Wildman–Crippen LogP) is 4.53. The molecule has 0 unspecified atom stereocenters. The van der Waals surface area contributed by atoms with Gasteiger partial charge in [0.05, 0.1) is 16.2 Å².